The molecule has 0 unspecified atom stereocenters. The quantitative estimate of drug-likeness (QED) is 0.896. The van der Waals surface area contributed by atoms with Gasteiger partial charge in [0.1, 0.15) is 0 Å². The molecule has 19 heavy (non-hydrogen) atoms. The second-order valence-corrected chi connectivity index (χ2v) is 5.33. The molecule has 0 radical (unpaired) electrons. The van der Waals surface area contributed by atoms with Crippen molar-refractivity contribution < 1.29 is 4.79 Å². The van der Waals surface area contributed by atoms with E-state index in [0.717, 1.165) is 17.4 Å². The Hall–Kier alpha value is -1.84. The van der Waals surface area contributed by atoms with Crippen LogP contribution in [0.5, 0.6) is 0 Å². The van der Waals surface area contributed by atoms with Crippen LogP contribution < -0.4 is 5.32 Å². The van der Waals surface area contributed by atoms with Gasteiger partial charge < -0.3 is 5.32 Å². The molecular weight excluding hydrogens is 238 g/mol. The van der Waals surface area contributed by atoms with E-state index in [0.29, 0.717) is 18.9 Å². The van der Waals surface area contributed by atoms with Gasteiger partial charge in [-0.1, -0.05) is 32.0 Å². The summed E-state index contributed by atoms with van der Waals surface area (Å²) in [5.41, 5.74) is 2.32. The number of fused-ring (bicyclic) bond motifs is 1. The number of nitrogens with one attached hydrogen (secondary N) is 1. The molecule has 1 aromatic carbocycles. The van der Waals surface area contributed by atoms with Crippen LogP contribution in [-0.4, -0.2) is 22.2 Å². The van der Waals surface area contributed by atoms with Crippen molar-refractivity contribution in [3.63, 3.8) is 0 Å². The fourth-order valence-electron chi connectivity index (χ4n) is 2.11. The predicted molar refractivity (Wildman–Crippen MR) is 76.9 cm³/mol. The molecule has 1 heterocycles. The molecule has 0 aliphatic rings. The zero-order valence-electron chi connectivity index (χ0n) is 11.8. The maximum atomic E-state index is 11.7. The summed E-state index contributed by atoms with van der Waals surface area (Å²) in [6.45, 7) is 7.60. The van der Waals surface area contributed by atoms with Crippen molar-refractivity contribution in [1.29, 1.82) is 0 Å². The van der Waals surface area contributed by atoms with E-state index in [4.69, 9.17) is 0 Å². The van der Waals surface area contributed by atoms with E-state index >= 15 is 0 Å². The van der Waals surface area contributed by atoms with Crippen LogP contribution in [0.4, 0.5) is 0 Å². The molecule has 1 amide bonds. The van der Waals surface area contributed by atoms with E-state index in [1.54, 1.807) is 0 Å². The number of carbonyl (C=O) groups excluding carboxylic acids is 1. The van der Waals surface area contributed by atoms with Crippen LogP contribution in [0.3, 0.4) is 0 Å². The zero-order chi connectivity index (χ0) is 13.8. The Balaban J connectivity index is 2.00. The molecule has 0 fully saturated rings. The van der Waals surface area contributed by atoms with Gasteiger partial charge in [0, 0.05) is 18.4 Å². The second kappa shape index (κ2) is 5.87. The molecule has 4 nitrogen and oxygen atoms in total. The van der Waals surface area contributed by atoms with E-state index in [9.17, 15) is 4.79 Å². The molecule has 102 valence electrons. The van der Waals surface area contributed by atoms with Crippen molar-refractivity contribution in [1.82, 2.24) is 15.1 Å². The maximum Gasteiger partial charge on any atom is 0.221 e. The zero-order valence-corrected chi connectivity index (χ0v) is 11.8. The van der Waals surface area contributed by atoms with Crippen LogP contribution in [0.1, 0.15) is 25.8 Å². The lowest BCUT2D eigenvalue weighted by molar-refractivity contribution is -0.121. The molecule has 0 bridgehead atoms. The number of carbonyl (C=O) groups is 1. The lowest BCUT2D eigenvalue weighted by Crippen LogP contribution is -2.28. The minimum Gasteiger partial charge on any atom is -0.356 e. The van der Waals surface area contributed by atoms with Gasteiger partial charge in [-0.25, -0.2) is 0 Å². The highest BCUT2D eigenvalue weighted by molar-refractivity contribution is 5.82. The number of benzene rings is 1. The summed E-state index contributed by atoms with van der Waals surface area (Å²) < 4.78 is 1.92. The molecule has 2 aromatic rings. The molecule has 1 N–H and O–H groups in total. The summed E-state index contributed by atoms with van der Waals surface area (Å²) in [6.07, 6.45) is 2.33. The average Bonchev–Trinajstić information content (AvgIpc) is 2.78. The van der Waals surface area contributed by atoms with E-state index in [-0.39, 0.29) is 5.91 Å². The third kappa shape index (κ3) is 3.34. The number of aromatic nitrogens is 2. The van der Waals surface area contributed by atoms with Crippen LogP contribution in [0.25, 0.3) is 10.9 Å². The summed E-state index contributed by atoms with van der Waals surface area (Å²) in [4.78, 5) is 11.7. The Kier molecular flexibility index (Phi) is 4.20. The van der Waals surface area contributed by atoms with Crippen LogP contribution in [0.2, 0.25) is 0 Å². The van der Waals surface area contributed by atoms with Gasteiger partial charge in [0.2, 0.25) is 5.91 Å². The highest BCUT2D eigenvalue weighted by Gasteiger charge is 2.07. The van der Waals surface area contributed by atoms with Crippen LogP contribution in [0, 0.1) is 12.8 Å². The SMILES string of the molecule is Cc1cccc2cnn(CCC(=O)NCC(C)C)c12. The molecule has 1 aromatic heterocycles. The molecule has 0 atom stereocenters. The lowest BCUT2D eigenvalue weighted by atomic mass is 10.2. The first kappa shape index (κ1) is 13.6. The minimum absolute atomic E-state index is 0.0888. The summed E-state index contributed by atoms with van der Waals surface area (Å²) in [7, 11) is 0. The smallest absolute Gasteiger partial charge is 0.221 e. The average molecular weight is 259 g/mol. The lowest BCUT2D eigenvalue weighted by Gasteiger charge is -2.08. The van der Waals surface area contributed by atoms with Gasteiger partial charge in [-0.3, -0.25) is 9.48 Å². The van der Waals surface area contributed by atoms with Crippen molar-refractivity contribution in [2.24, 2.45) is 5.92 Å². The second-order valence-electron chi connectivity index (χ2n) is 5.33. The Bertz CT molecular complexity index is 572. The molecule has 0 aliphatic heterocycles. The Morgan fingerprint density at radius 2 is 2.21 bits per heavy atom. The summed E-state index contributed by atoms with van der Waals surface area (Å²) in [5, 5.41) is 8.41. The fourth-order valence-corrected chi connectivity index (χ4v) is 2.11. The van der Waals surface area contributed by atoms with Crippen molar-refractivity contribution in [3.8, 4) is 0 Å². The molecule has 0 saturated carbocycles. The monoisotopic (exact) mass is 259 g/mol. The number of hydrogen-bond donors (Lipinski definition) is 1. The minimum atomic E-state index is 0.0888. The Morgan fingerprint density at radius 3 is 2.95 bits per heavy atom. The van der Waals surface area contributed by atoms with E-state index in [1.807, 2.05) is 23.0 Å². The number of rotatable bonds is 5. The van der Waals surface area contributed by atoms with Gasteiger partial charge in [-0.05, 0) is 18.4 Å². The predicted octanol–water partition coefficient (Wildman–Crippen LogP) is 2.51. The standard InChI is InChI=1S/C15H21N3O/c1-11(2)9-16-14(19)7-8-18-15-12(3)5-4-6-13(15)10-17-18/h4-6,10-11H,7-9H2,1-3H3,(H,16,19). The van der Waals surface area contributed by atoms with Crippen LogP contribution in [-0.2, 0) is 11.3 Å². The van der Waals surface area contributed by atoms with Crippen molar-refractivity contribution >= 4 is 16.8 Å². The van der Waals surface area contributed by atoms with Gasteiger partial charge in [0.15, 0.2) is 0 Å². The summed E-state index contributed by atoms with van der Waals surface area (Å²) in [6, 6.07) is 6.14. The van der Waals surface area contributed by atoms with Crippen molar-refractivity contribution in [3.05, 3.63) is 30.0 Å². The van der Waals surface area contributed by atoms with Crippen molar-refractivity contribution in [2.45, 2.75) is 33.7 Å². The van der Waals surface area contributed by atoms with Gasteiger partial charge in [0.25, 0.3) is 0 Å². The normalized spacial score (nSPS) is 11.2. The topological polar surface area (TPSA) is 46.9 Å². The summed E-state index contributed by atoms with van der Waals surface area (Å²) in [5.74, 6) is 0.572. The molecule has 0 saturated heterocycles. The van der Waals surface area contributed by atoms with Gasteiger partial charge in [0.05, 0.1) is 18.3 Å². The number of amides is 1. The number of aryl methyl sites for hydroxylation is 2. The van der Waals surface area contributed by atoms with Crippen molar-refractivity contribution in [2.75, 3.05) is 6.54 Å². The van der Waals surface area contributed by atoms with E-state index in [2.05, 4.69) is 37.3 Å². The molecule has 4 heteroatoms. The Morgan fingerprint density at radius 1 is 1.42 bits per heavy atom. The molecule has 2 rings (SSSR count). The van der Waals surface area contributed by atoms with Gasteiger partial charge in [-0.15, -0.1) is 0 Å². The molecule has 0 aliphatic carbocycles. The summed E-state index contributed by atoms with van der Waals surface area (Å²) >= 11 is 0. The van der Waals surface area contributed by atoms with Gasteiger partial charge in [-0.2, -0.15) is 5.10 Å². The molecular formula is C15H21N3O. The largest absolute Gasteiger partial charge is 0.356 e. The van der Waals surface area contributed by atoms with E-state index < -0.39 is 0 Å². The van der Waals surface area contributed by atoms with Gasteiger partial charge >= 0.3 is 0 Å². The highest BCUT2D eigenvalue weighted by atomic mass is 16.1. The fraction of sp³-hybridized carbons (Fsp3) is 0.467. The van der Waals surface area contributed by atoms with Crippen LogP contribution >= 0.6 is 0 Å². The third-order valence-corrected chi connectivity index (χ3v) is 3.12. The number of hydrogen-bond acceptors (Lipinski definition) is 2. The molecule has 0 spiro atoms. The third-order valence-electron chi connectivity index (χ3n) is 3.12. The maximum absolute atomic E-state index is 11.7. The van der Waals surface area contributed by atoms with E-state index in [1.165, 1.54) is 5.56 Å². The number of nitrogens with zero attached hydrogens (tertiary/aromatic N) is 2. The Labute approximate surface area is 113 Å². The first-order valence-corrected chi connectivity index (χ1v) is 6.75. The first-order chi connectivity index (χ1) is 9.08. The highest BCUT2D eigenvalue weighted by Crippen LogP contribution is 2.17. The van der Waals surface area contributed by atoms with Crippen LogP contribution in [0.15, 0.2) is 24.4 Å². The first-order valence-electron chi connectivity index (χ1n) is 6.75. The number of para-hydroxylation sites is 1.